The van der Waals surface area contributed by atoms with Crippen LogP contribution in [-0.2, 0) is 11.2 Å². The van der Waals surface area contributed by atoms with Crippen LogP contribution < -0.4 is 15.7 Å². The lowest BCUT2D eigenvalue weighted by atomic mass is 9.83. The van der Waals surface area contributed by atoms with E-state index >= 15 is 0 Å². The fourth-order valence-corrected chi connectivity index (χ4v) is 5.18. The van der Waals surface area contributed by atoms with Crippen molar-refractivity contribution in [2.45, 2.75) is 57.9 Å². The number of hydrogen-bond acceptors (Lipinski definition) is 5. The number of rotatable bonds is 6. The Labute approximate surface area is 177 Å². The highest BCUT2D eigenvalue weighted by atomic mass is 16.5. The van der Waals surface area contributed by atoms with Crippen molar-refractivity contribution >= 4 is 16.9 Å². The Balaban J connectivity index is 1.36. The summed E-state index contributed by atoms with van der Waals surface area (Å²) >= 11 is 0. The number of carbonyl (C=O) groups excluding carboxylic acids is 1. The molecule has 2 aliphatic rings. The Hall–Kier alpha value is -2.34. The van der Waals surface area contributed by atoms with E-state index < -0.39 is 0 Å². The number of hydrogen-bond donors (Lipinski definition) is 1. The molecule has 4 rings (SSSR count). The summed E-state index contributed by atoms with van der Waals surface area (Å²) in [6.45, 7) is 5.07. The van der Waals surface area contributed by atoms with Crippen molar-refractivity contribution in [1.82, 2.24) is 10.2 Å². The van der Waals surface area contributed by atoms with Crippen LogP contribution in [0, 0.1) is 12.8 Å². The number of carbonyl (C=O) groups is 1. The van der Waals surface area contributed by atoms with Gasteiger partial charge < -0.3 is 19.4 Å². The molecule has 1 N–H and O–H groups in total. The summed E-state index contributed by atoms with van der Waals surface area (Å²) in [5, 5.41) is 4.01. The van der Waals surface area contributed by atoms with E-state index in [1.54, 1.807) is 13.2 Å². The van der Waals surface area contributed by atoms with E-state index in [1.165, 1.54) is 45.2 Å². The largest absolute Gasteiger partial charge is 0.497 e. The third-order valence-electron chi connectivity index (χ3n) is 6.89. The van der Waals surface area contributed by atoms with E-state index in [2.05, 4.69) is 10.2 Å². The van der Waals surface area contributed by atoms with E-state index in [9.17, 15) is 9.59 Å². The minimum Gasteiger partial charge on any atom is -0.497 e. The van der Waals surface area contributed by atoms with Crippen LogP contribution >= 0.6 is 0 Å². The molecule has 0 unspecified atom stereocenters. The van der Waals surface area contributed by atoms with Crippen LogP contribution in [0.3, 0.4) is 0 Å². The normalized spacial score (nSPS) is 21.9. The van der Waals surface area contributed by atoms with Crippen molar-refractivity contribution in [2.24, 2.45) is 5.92 Å². The van der Waals surface area contributed by atoms with Gasteiger partial charge in [-0.05, 0) is 75.7 Å². The van der Waals surface area contributed by atoms with Gasteiger partial charge in [0.1, 0.15) is 11.3 Å². The Morgan fingerprint density at radius 3 is 2.90 bits per heavy atom. The molecule has 0 radical (unpaired) electrons. The van der Waals surface area contributed by atoms with Crippen LogP contribution in [0.25, 0.3) is 11.0 Å². The molecule has 0 bridgehead atoms. The molecule has 2 fully saturated rings. The quantitative estimate of drug-likeness (QED) is 0.736. The van der Waals surface area contributed by atoms with E-state index in [4.69, 9.17) is 9.15 Å². The van der Waals surface area contributed by atoms with Gasteiger partial charge in [-0.15, -0.1) is 0 Å². The predicted molar refractivity (Wildman–Crippen MR) is 117 cm³/mol. The second kappa shape index (κ2) is 9.21. The molecule has 1 aromatic heterocycles. The van der Waals surface area contributed by atoms with Gasteiger partial charge in [0.2, 0.25) is 5.91 Å². The molecule has 1 amide bonds. The fourth-order valence-electron chi connectivity index (χ4n) is 5.18. The third kappa shape index (κ3) is 4.38. The van der Waals surface area contributed by atoms with Crippen molar-refractivity contribution in [3.05, 3.63) is 39.7 Å². The summed E-state index contributed by atoms with van der Waals surface area (Å²) < 4.78 is 10.7. The number of nitrogens with one attached hydrogen (secondary N) is 1. The monoisotopic (exact) mass is 412 g/mol. The van der Waals surface area contributed by atoms with Crippen LogP contribution in [-0.4, -0.2) is 43.6 Å². The highest BCUT2D eigenvalue weighted by molar-refractivity contribution is 5.82. The van der Waals surface area contributed by atoms with Gasteiger partial charge in [0.25, 0.3) is 0 Å². The average molecular weight is 413 g/mol. The topological polar surface area (TPSA) is 71.8 Å². The molecule has 162 valence electrons. The number of nitrogens with zero attached hydrogens (tertiary/aromatic N) is 1. The first-order valence-corrected chi connectivity index (χ1v) is 11.2. The molecule has 2 aliphatic heterocycles. The summed E-state index contributed by atoms with van der Waals surface area (Å²) in [7, 11) is 1.58. The zero-order valence-corrected chi connectivity index (χ0v) is 18.0. The van der Waals surface area contributed by atoms with Gasteiger partial charge in [0, 0.05) is 36.0 Å². The molecule has 0 saturated carbocycles. The van der Waals surface area contributed by atoms with Crippen molar-refractivity contribution in [3.63, 3.8) is 0 Å². The zero-order chi connectivity index (χ0) is 21.1. The first-order chi connectivity index (χ1) is 14.6. The number of methoxy groups -OCH3 is 1. The summed E-state index contributed by atoms with van der Waals surface area (Å²) in [5.41, 5.74) is 1.60. The number of ether oxygens (including phenoxy) is 1. The first-order valence-electron chi connectivity index (χ1n) is 11.2. The first kappa shape index (κ1) is 20.9. The standard InChI is InChI=1S/C24H32N2O4/c1-16-19-9-8-18(29-2)14-22(19)30-24(28)20(16)10-11-23(27)25-15-17-6-5-13-26-12-4-3-7-21(17)26/h8-9,14,17,21H,3-7,10-13,15H2,1-2H3,(H,25,27)/t17-,21-/m1/s1. The lowest BCUT2D eigenvalue weighted by molar-refractivity contribution is -0.121. The summed E-state index contributed by atoms with van der Waals surface area (Å²) in [4.78, 5) is 27.6. The van der Waals surface area contributed by atoms with Crippen LogP contribution in [0.1, 0.15) is 49.7 Å². The Morgan fingerprint density at radius 1 is 1.23 bits per heavy atom. The fraction of sp³-hybridized carbons (Fsp3) is 0.583. The molecule has 6 heteroatoms. The van der Waals surface area contributed by atoms with Gasteiger partial charge in [0.15, 0.2) is 0 Å². The molecular formula is C24H32N2O4. The van der Waals surface area contributed by atoms with Gasteiger partial charge >= 0.3 is 5.63 Å². The van der Waals surface area contributed by atoms with E-state index in [1.807, 2.05) is 19.1 Å². The van der Waals surface area contributed by atoms with Crippen molar-refractivity contribution < 1.29 is 13.9 Å². The minimum atomic E-state index is -0.369. The molecule has 1 aromatic carbocycles. The van der Waals surface area contributed by atoms with Crippen molar-refractivity contribution in [1.29, 1.82) is 0 Å². The average Bonchev–Trinajstić information content (AvgIpc) is 2.77. The second-order valence-electron chi connectivity index (χ2n) is 8.66. The number of aryl methyl sites for hydroxylation is 1. The number of benzene rings is 1. The highest BCUT2D eigenvalue weighted by Gasteiger charge is 2.32. The van der Waals surface area contributed by atoms with Crippen molar-refractivity contribution in [3.8, 4) is 5.75 Å². The van der Waals surface area contributed by atoms with E-state index in [-0.39, 0.29) is 11.5 Å². The summed E-state index contributed by atoms with van der Waals surface area (Å²) in [5.74, 6) is 1.21. The van der Waals surface area contributed by atoms with Crippen LogP contribution in [0.5, 0.6) is 5.75 Å². The van der Waals surface area contributed by atoms with Crippen molar-refractivity contribution in [2.75, 3.05) is 26.7 Å². The van der Waals surface area contributed by atoms with Gasteiger partial charge in [-0.1, -0.05) is 6.42 Å². The van der Waals surface area contributed by atoms with Gasteiger partial charge in [0.05, 0.1) is 7.11 Å². The number of fused-ring (bicyclic) bond motifs is 2. The summed E-state index contributed by atoms with van der Waals surface area (Å²) in [6, 6.07) is 6.10. The van der Waals surface area contributed by atoms with Gasteiger partial charge in [-0.25, -0.2) is 4.79 Å². The smallest absolute Gasteiger partial charge is 0.339 e. The number of piperidine rings is 2. The predicted octanol–water partition coefficient (Wildman–Crippen LogP) is 3.42. The maximum Gasteiger partial charge on any atom is 0.339 e. The molecular weight excluding hydrogens is 380 g/mol. The summed E-state index contributed by atoms with van der Waals surface area (Å²) in [6.07, 6.45) is 6.96. The molecule has 3 heterocycles. The molecule has 30 heavy (non-hydrogen) atoms. The van der Waals surface area contributed by atoms with Gasteiger partial charge in [-0.3, -0.25) is 4.79 Å². The Kier molecular flexibility index (Phi) is 6.42. The maximum atomic E-state index is 12.5. The van der Waals surface area contributed by atoms with Gasteiger partial charge in [-0.2, -0.15) is 0 Å². The minimum absolute atomic E-state index is 0.0107. The SMILES string of the molecule is COc1ccc2c(C)c(CCC(=O)NC[C@H]3CCCN4CCCC[C@H]34)c(=O)oc2c1. The molecule has 2 atom stereocenters. The lowest BCUT2D eigenvalue weighted by Gasteiger charge is -2.44. The van der Waals surface area contributed by atoms with E-state index in [0.717, 1.165) is 17.5 Å². The highest BCUT2D eigenvalue weighted by Crippen LogP contribution is 2.30. The van der Waals surface area contributed by atoms with E-state index in [0.29, 0.717) is 41.7 Å². The van der Waals surface area contributed by atoms with Crippen LogP contribution in [0.15, 0.2) is 27.4 Å². The maximum absolute atomic E-state index is 12.5. The van der Waals surface area contributed by atoms with Crippen LogP contribution in [0.4, 0.5) is 0 Å². The molecule has 2 aromatic rings. The molecule has 2 saturated heterocycles. The molecule has 6 nitrogen and oxygen atoms in total. The molecule has 0 aliphatic carbocycles. The Morgan fingerprint density at radius 2 is 2.07 bits per heavy atom. The Bertz CT molecular complexity index is 966. The zero-order valence-electron chi connectivity index (χ0n) is 18.0. The van der Waals surface area contributed by atoms with Crippen LogP contribution in [0.2, 0.25) is 0 Å². The third-order valence-corrected chi connectivity index (χ3v) is 6.89. The number of amides is 1. The second-order valence-corrected chi connectivity index (χ2v) is 8.66. The lowest BCUT2D eigenvalue weighted by Crippen LogP contribution is -2.51. The molecule has 0 spiro atoms.